The highest BCUT2D eigenvalue weighted by Gasteiger charge is 2.32. The summed E-state index contributed by atoms with van der Waals surface area (Å²) in [6.45, 7) is 6.94. The van der Waals surface area contributed by atoms with Gasteiger partial charge in [0, 0.05) is 25.0 Å². The van der Waals surface area contributed by atoms with E-state index in [-0.39, 0.29) is 11.9 Å². The van der Waals surface area contributed by atoms with Crippen molar-refractivity contribution in [2.24, 2.45) is 5.73 Å². The molecule has 0 aromatic heterocycles. The third-order valence-electron chi connectivity index (χ3n) is 4.05. The standard InChI is InChI=1S/C17H26N2O/c1-12-4-6-15(10-13(12)2)11-19(16-7-8-16)17(20)9-5-14(3)18/h4,6,10,14,16H,5,7-9,11,18H2,1-3H3. The molecule has 0 heterocycles. The van der Waals surface area contributed by atoms with E-state index in [1.807, 2.05) is 11.8 Å². The fourth-order valence-electron chi connectivity index (χ4n) is 2.40. The van der Waals surface area contributed by atoms with Crippen molar-refractivity contribution in [3.8, 4) is 0 Å². The zero-order chi connectivity index (χ0) is 14.7. The predicted molar refractivity (Wildman–Crippen MR) is 82.4 cm³/mol. The first-order valence-electron chi connectivity index (χ1n) is 7.58. The number of carbonyl (C=O) groups excluding carboxylic acids is 1. The van der Waals surface area contributed by atoms with Gasteiger partial charge in [-0.25, -0.2) is 0 Å². The van der Waals surface area contributed by atoms with Gasteiger partial charge in [0.15, 0.2) is 0 Å². The second-order valence-electron chi connectivity index (χ2n) is 6.19. The first kappa shape index (κ1) is 15.0. The third kappa shape index (κ3) is 4.07. The molecule has 3 nitrogen and oxygen atoms in total. The van der Waals surface area contributed by atoms with Gasteiger partial charge >= 0.3 is 0 Å². The summed E-state index contributed by atoms with van der Waals surface area (Å²) in [5.41, 5.74) is 9.58. The van der Waals surface area contributed by atoms with Crippen LogP contribution in [0.3, 0.4) is 0 Å². The number of hydrogen-bond donors (Lipinski definition) is 1. The third-order valence-corrected chi connectivity index (χ3v) is 4.05. The van der Waals surface area contributed by atoms with Crippen LogP contribution in [-0.4, -0.2) is 22.9 Å². The summed E-state index contributed by atoms with van der Waals surface area (Å²) in [5.74, 6) is 0.253. The predicted octanol–water partition coefficient (Wildman–Crippen LogP) is 2.92. The van der Waals surface area contributed by atoms with Gasteiger partial charge in [-0.2, -0.15) is 0 Å². The van der Waals surface area contributed by atoms with Crippen molar-refractivity contribution in [3.63, 3.8) is 0 Å². The van der Waals surface area contributed by atoms with Crippen molar-refractivity contribution < 1.29 is 4.79 Å². The number of nitrogens with zero attached hydrogens (tertiary/aromatic N) is 1. The molecular weight excluding hydrogens is 248 g/mol. The van der Waals surface area contributed by atoms with Crippen molar-refractivity contribution in [1.82, 2.24) is 4.90 Å². The number of nitrogens with two attached hydrogens (primary N) is 1. The fourth-order valence-corrected chi connectivity index (χ4v) is 2.40. The van der Waals surface area contributed by atoms with Gasteiger partial charge in [-0.15, -0.1) is 0 Å². The molecule has 1 aliphatic carbocycles. The smallest absolute Gasteiger partial charge is 0.223 e. The molecule has 1 aliphatic rings. The molecule has 1 fully saturated rings. The number of rotatable bonds is 6. The van der Waals surface area contributed by atoms with Gasteiger partial charge in [0.2, 0.25) is 5.91 Å². The van der Waals surface area contributed by atoms with Crippen LogP contribution in [-0.2, 0) is 11.3 Å². The summed E-state index contributed by atoms with van der Waals surface area (Å²) in [7, 11) is 0. The Balaban J connectivity index is 2.01. The lowest BCUT2D eigenvalue weighted by Gasteiger charge is -2.23. The molecule has 0 radical (unpaired) electrons. The molecule has 1 aromatic carbocycles. The van der Waals surface area contributed by atoms with Crippen LogP contribution in [0.5, 0.6) is 0 Å². The topological polar surface area (TPSA) is 46.3 Å². The van der Waals surface area contributed by atoms with Crippen molar-refractivity contribution in [2.45, 2.75) is 65.1 Å². The van der Waals surface area contributed by atoms with Gasteiger partial charge in [0.1, 0.15) is 0 Å². The summed E-state index contributed by atoms with van der Waals surface area (Å²) in [4.78, 5) is 14.4. The molecule has 20 heavy (non-hydrogen) atoms. The summed E-state index contributed by atoms with van der Waals surface area (Å²) >= 11 is 0. The molecule has 1 amide bonds. The van der Waals surface area contributed by atoms with E-state index in [0.717, 1.165) is 25.8 Å². The van der Waals surface area contributed by atoms with Crippen molar-refractivity contribution in [3.05, 3.63) is 34.9 Å². The Morgan fingerprint density at radius 3 is 2.60 bits per heavy atom. The van der Waals surface area contributed by atoms with E-state index in [9.17, 15) is 4.79 Å². The summed E-state index contributed by atoms with van der Waals surface area (Å²) in [5, 5.41) is 0. The average molecular weight is 274 g/mol. The Morgan fingerprint density at radius 2 is 2.05 bits per heavy atom. The van der Waals surface area contributed by atoms with E-state index >= 15 is 0 Å². The lowest BCUT2D eigenvalue weighted by molar-refractivity contribution is -0.132. The Morgan fingerprint density at radius 1 is 1.35 bits per heavy atom. The van der Waals surface area contributed by atoms with Gasteiger partial charge in [-0.05, 0) is 56.7 Å². The molecule has 3 heteroatoms. The number of aryl methyl sites for hydroxylation is 2. The van der Waals surface area contributed by atoms with Crippen LogP contribution in [0.25, 0.3) is 0 Å². The summed E-state index contributed by atoms with van der Waals surface area (Å²) in [6.07, 6.45) is 3.64. The van der Waals surface area contributed by atoms with Crippen molar-refractivity contribution in [2.75, 3.05) is 0 Å². The highest BCUT2D eigenvalue weighted by atomic mass is 16.2. The quantitative estimate of drug-likeness (QED) is 0.867. The van der Waals surface area contributed by atoms with Gasteiger partial charge < -0.3 is 10.6 Å². The van der Waals surface area contributed by atoms with Crippen LogP contribution in [0.2, 0.25) is 0 Å². The minimum absolute atomic E-state index is 0.0987. The largest absolute Gasteiger partial charge is 0.335 e. The van der Waals surface area contributed by atoms with E-state index < -0.39 is 0 Å². The fraction of sp³-hybridized carbons (Fsp3) is 0.588. The molecule has 0 bridgehead atoms. The van der Waals surface area contributed by atoms with Gasteiger partial charge in [0.05, 0.1) is 0 Å². The molecular formula is C17H26N2O. The second kappa shape index (κ2) is 6.40. The maximum atomic E-state index is 12.4. The van der Waals surface area contributed by atoms with Crippen LogP contribution in [0, 0.1) is 13.8 Å². The SMILES string of the molecule is Cc1ccc(CN(C(=O)CCC(C)N)C2CC2)cc1C. The van der Waals surface area contributed by atoms with Crippen LogP contribution in [0.4, 0.5) is 0 Å². The number of amides is 1. The first-order chi connectivity index (χ1) is 9.47. The average Bonchev–Trinajstić information content (AvgIpc) is 3.21. The highest BCUT2D eigenvalue weighted by molar-refractivity contribution is 5.77. The Kier molecular flexibility index (Phi) is 4.81. The van der Waals surface area contributed by atoms with E-state index in [2.05, 4.69) is 32.0 Å². The van der Waals surface area contributed by atoms with Crippen LogP contribution < -0.4 is 5.73 Å². The molecule has 2 N–H and O–H groups in total. The second-order valence-corrected chi connectivity index (χ2v) is 6.19. The van der Waals surface area contributed by atoms with Crippen molar-refractivity contribution in [1.29, 1.82) is 0 Å². The molecule has 0 saturated heterocycles. The summed E-state index contributed by atoms with van der Waals surface area (Å²) < 4.78 is 0. The lowest BCUT2D eigenvalue weighted by Crippen LogP contribution is -2.33. The molecule has 1 saturated carbocycles. The molecule has 0 aliphatic heterocycles. The normalized spacial score (nSPS) is 16.0. The zero-order valence-corrected chi connectivity index (χ0v) is 12.9. The Hall–Kier alpha value is -1.35. The minimum atomic E-state index is 0.0987. The molecule has 0 spiro atoms. The highest BCUT2D eigenvalue weighted by Crippen LogP contribution is 2.29. The van der Waals surface area contributed by atoms with Crippen LogP contribution >= 0.6 is 0 Å². The number of carbonyl (C=O) groups is 1. The zero-order valence-electron chi connectivity index (χ0n) is 12.9. The molecule has 110 valence electrons. The van der Waals surface area contributed by atoms with E-state index in [0.29, 0.717) is 12.5 Å². The van der Waals surface area contributed by atoms with E-state index in [1.54, 1.807) is 0 Å². The Labute approximate surface area is 122 Å². The maximum Gasteiger partial charge on any atom is 0.223 e. The maximum absolute atomic E-state index is 12.4. The monoisotopic (exact) mass is 274 g/mol. The van der Waals surface area contributed by atoms with Crippen LogP contribution in [0.1, 0.15) is 49.3 Å². The summed E-state index contributed by atoms with van der Waals surface area (Å²) in [6, 6.07) is 7.03. The van der Waals surface area contributed by atoms with Gasteiger partial charge in [-0.3, -0.25) is 4.79 Å². The number of benzene rings is 1. The van der Waals surface area contributed by atoms with Crippen LogP contribution in [0.15, 0.2) is 18.2 Å². The van der Waals surface area contributed by atoms with Crippen molar-refractivity contribution >= 4 is 5.91 Å². The van der Waals surface area contributed by atoms with E-state index in [4.69, 9.17) is 5.73 Å². The lowest BCUT2D eigenvalue weighted by atomic mass is 10.1. The molecule has 1 aromatic rings. The molecule has 2 rings (SSSR count). The molecule has 1 atom stereocenters. The van der Waals surface area contributed by atoms with Gasteiger partial charge in [-0.1, -0.05) is 18.2 Å². The Bertz CT molecular complexity index is 478. The molecule has 1 unspecified atom stereocenters. The van der Waals surface area contributed by atoms with Gasteiger partial charge in [0.25, 0.3) is 0 Å². The number of hydrogen-bond acceptors (Lipinski definition) is 2. The van der Waals surface area contributed by atoms with E-state index in [1.165, 1.54) is 16.7 Å². The first-order valence-corrected chi connectivity index (χ1v) is 7.58. The minimum Gasteiger partial charge on any atom is -0.335 e.